The van der Waals surface area contributed by atoms with Gasteiger partial charge in [-0.05, 0) is 41.5 Å². The van der Waals surface area contributed by atoms with Crippen molar-refractivity contribution in [3.63, 3.8) is 0 Å². The molecule has 0 amide bonds. The van der Waals surface area contributed by atoms with Crippen molar-refractivity contribution in [2.75, 3.05) is 0 Å². The predicted molar refractivity (Wildman–Crippen MR) is 104 cm³/mol. The summed E-state index contributed by atoms with van der Waals surface area (Å²) >= 11 is 0. The number of hydrogen-bond donors (Lipinski definition) is 1. The number of carboxylic acids is 1. The summed E-state index contributed by atoms with van der Waals surface area (Å²) < 4.78 is 5.82. The molecule has 4 heteroatoms. The van der Waals surface area contributed by atoms with E-state index in [1.807, 2.05) is 36.4 Å². The molecule has 3 aromatic rings. The fraction of sp³-hybridized carbons (Fsp3) is 0.0435. The molecule has 0 radical (unpaired) electrons. The van der Waals surface area contributed by atoms with Crippen LogP contribution < -0.4 is 4.74 Å². The second kappa shape index (κ2) is 8.63. The van der Waals surface area contributed by atoms with Crippen molar-refractivity contribution in [3.05, 3.63) is 107 Å². The van der Waals surface area contributed by atoms with E-state index in [0.717, 1.165) is 11.1 Å². The van der Waals surface area contributed by atoms with E-state index in [4.69, 9.17) is 9.84 Å². The van der Waals surface area contributed by atoms with Crippen LogP contribution in [0.1, 0.15) is 31.8 Å². The van der Waals surface area contributed by atoms with Gasteiger partial charge in [0.15, 0.2) is 5.78 Å². The highest BCUT2D eigenvalue weighted by Gasteiger charge is 2.09. The molecule has 0 atom stereocenters. The lowest BCUT2D eigenvalue weighted by molar-refractivity contribution is 0.0696. The molecule has 1 N–H and O–H groups in total. The number of carbonyl (C=O) groups excluding carboxylic acids is 1. The molecule has 134 valence electrons. The van der Waals surface area contributed by atoms with E-state index in [0.29, 0.717) is 17.9 Å². The molecule has 0 spiro atoms. The number of rotatable bonds is 7. The molecule has 3 aromatic carbocycles. The van der Waals surface area contributed by atoms with Gasteiger partial charge in [-0.15, -0.1) is 0 Å². The van der Waals surface area contributed by atoms with Crippen molar-refractivity contribution in [1.29, 1.82) is 0 Å². The number of hydrogen-bond acceptors (Lipinski definition) is 3. The average Bonchev–Trinajstić information content (AvgIpc) is 2.71. The van der Waals surface area contributed by atoms with E-state index in [1.54, 1.807) is 36.4 Å². The molecule has 0 aliphatic carbocycles. The smallest absolute Gasteiger partial charge is 0.335 e. The molecule has 0 saturated heterocycles. The second-order valence-corrected chi connectivity index (χ2v) is 5.90. The van der Waals surface area contributed by atoms with Gasteiger partial charge in [-0.25, -0.2) is 4.79 Å². The van der Waals surface area contributed by atoms with Crippen molar-refractivity contribution < 1.29 is 19.4 Å². The van der Waals surface area contributed by atoms with Gasteiger partial charge in [0.05, 0.1) is 11.1 Å². The van der Waals surface area contributed by atoms with Crippen LogP contribution in [0.4, 0.5) is 0 Å². The first-order valence-corrected chi connectivity index (χ1v) is 8.45. The fourth-order valence-corrected chi connectivity index (χ4v) is 2.53. The third-order valence-corrected chi connectivity index (χ3v) is 3.97. The molecule has 0 fully saturated rings. The van der Waals surface area contributed by atoms with E-state index in [2.05, 4.69) is 0 Å². The van der Waals surface area contributed by atoms with Crippen molar-refractivity contribution >= 4 is 17.8 Å². The topological polar surface area (TPSA) is 63.6 Å². The van der Waals surface area contributed by atoms with Crippen LogP contribution in [0.15, 0.2) is 84.9 Å². The number of allylic oxidation sites excluding steroid dienone is 1. The van der Waals surface area contributed by atoms with Gasteiger partial charge in [-0.2, -0.15) is 0 Å². The van der Waals surface area contributed by atoms with E-state index in [1.165, 1.54) is 18.2 Å². The zero-order chi connectivity index (χ0) is 19.1. The average molecular weight is 358 g/mol. The normalized spacial score (nSPS) is 10.7. The van der Waals surface area contributed by atoms with E-state index in [9.17, 15) is 9.59 Å². The summed E-state index contributed by atoms with van der Waals surface area (Å²) in [7, 11) is 0. The highest BCUT2D eigenvalue weighted by Crippen LogP contribution is 2.21. The lowest BCUT2D eigenvalue weighted by Gasteiger charge is -2.09. The van der Waals surface area contributed by atoms with E-state index < -0.39 is 5.97 Å². The maximum absolute atomic E-state index is 12.6. The van der Waals surface area contributed by atoms with Crippen LogP contribution in [0.2, 0.25) is 0 Å². The highest BCUT2D eigenvalue weighted by molar-refractivity contribution is 6.08. The van der Waals surface area contributed by atoms with Crippen molar-refractivity contribution in [3.8, 4) is 5.75 Å². The Morgan fingerprint density at radius 2 is 1.52 bits per heavy atom. The van der Waals surface area contributed by atoms with Crippen LogP contribution in [-0.2, 0) is 6.61 Å². The standard InChI is InChI=1S/C23H18O4/c24-21(15-12-17-10-13-19(14-11-17)23(25)26)20-8-4-5-9-22(20)27-16-18-6-2-1-3-7-18/h1-15H,16H2,(H,25,26)/b15-12+. The fourth-order valence-electron chi connectivity index (χ4n) is 2.53. The second-order valence-electron chi connectivity index (χ2n) is 5.90. The van der Waals surface area contributed by atoms with Crippen molar-refractivity contribution in [2.24, 2.45) is 0 Å². The summed E-state index contributed by atoms with van der Waals surface area (Å²) in [5.41, 5.74) is 2.45. The Balaban J connectivity index is 1.71. The van der Waals surface area contributed by atoms with Crippen LogP contribution in [0.25, 0.3) is 6.08 Å². The molecule has 0 unspecified atom stereocenters. The summed E-state index contributed by atoms with van der Waals surface area (Å²) in [6.07, 6.45) is 3.11. The maximum Gasteiger partial charge on any atom is 0.335 e. The van der Waals surface area contributed by atoms with Crippen LogP contribution in [0, 0.1) is 0 Å². The summed E-state index contributed by atoms with van der Waals surface area (Å²) in [5, 5.41) is 8.92. The predicted octanol–water partition coefficient (Wildman–Crippen LogP) is 4.86. The van der Waals surface area contributed by atoms with Crippen LogP contribution in [0.5, 0.6) is 5.75 Å². The van der Waals surface area contributed by atoms with Crippen molar-refractivity contribution in [1.82, 2.24) is 0 Å². The van der Waals surface area contributed by atoms with Gasteiger partial charge < -0.3 is 9.84 Å². The minimum Gasteiger partial charge on any atom is -0.488 e. The van der Waals surface area contributed by atoms with Crippen LogP contribution >= 0.6 is 0 Å². The lowest BCUT2D eigenvalue weighted by atomic mass is 10.1. The number of para-hydroxylation sites is 1. The zero-order valence-electron chi connectivity index (χ0n) is 14.5. The number of benzene rings is 3. The Bertz CT molecular complexity index is 957. The van der Waals surface area contributed by atoms with Crippen molar-refractivity contribution in [2.45, 2.75) is 6.61 Å². The monoisotopic (exact) mass is 358 g/mol. The summed E-state index contributed by atoms with van der Waals surface area (Å²) in [6.45, 7) is 0.380. The molecule has 4 nitrogen and oxygen atoms in total. The third-order valence-electron chi connectivity index (χ3n) is 3.97. The number of aromatic carboxylic acids is 1. The highest BCUT2D eigenvalue weighted by atomic mass is 16.5. The Morgan fingerprint density at radius 1 is 0.852 bits per heavy atom. The first-order valence-electron chi connectivity index (χ1n) is 8.45. The molecule has 27 heavy (non-hydrogen) atoms. The third kappa shape index (κ3) is 4.92. The summed E-state index contributed by atoms with van der Waals surface area (Å²) in [5.74, 6) is -0.635. The Labute approximate surface area is 157 Å². The minimum absolute atomic E-state index is 0.180. The molecule has 0 aliphatic heterocycles. The molecule has 0 saturated carbocycles. The first-order chi connectivity index (χ1) is 13.1. The molecular formula is C23H18O4. The van der Waals surface area contributed by atoms with Gasteiger partial charge in [0.2, 0.25) is 0 Å². The SMILES string of the molecule is O=C(O)c1ccc(/C=C/C(=O)c2ccccc2OCc2ccccc2)cc1. The molecule has 0 aliphatic rings. The molecular weight excluding hydrogens is 340 g/mol. The van der Waals surface area contributed by atoms with Gasteiger partial charge in [0.1, 0.15) is 12.4 Å². The largest absolute Gasteiger partial charge is 0.488 e. The van der Waals surface area contributed by atoms with Gasteiger partial charge >= 0.3 is 5.97 Å². The number of ether oxygens (including phenoxy) is 1. The number of carbonyl (C=O) groups is 2. The molecule has 0 bridgehead atoms. The summed E-state index contributed by atoms with van der Waals surface area (Å²) in [4.78, 5) is 23.4. The van der Waals surface area contributed by atoms with Gasteiger partial charge in [-0.1, -0.05) is 60.7 Å². The molecule has 0 aromatic heterocycles. The number of ketones is 1. The quantitative estimate of drug-likeness (QED) is 0.484. The van der Waals surface area contributed by atoms with Gasteiger partial charge in [0, 0.05) is 0 Å². The molecule has 0 heterocycles. The minimum atomic E-state index is -0.980. The maximum atomic E-state index is 12.6. The van der Waals surface area contributed by atoms with Crippen LogP contribution in [0.3, 0.4) is 0 Å². The lowest BCUT2D eigenvalue weighted by Crippen LogP contribution is -2.02. The van der Waals surface area contributed by atoms with Gasteiger partial charge in [0.25, 0.3) is 0 Å². The molecule has 3 rings (SSSR count). The first kappa shape index (κ1) is 18.1. The zero-order valence-corrected chi connectivity index (χ0v) is 14.5. The Morgan fingerprint density at radius 3 is 2.22 bits per heavy atom. The van der Waals surface area contributed by atoms with Crippen LogP contribution in [-0.4, -0.2) is 16.9 Å². The van der Waals surface area contributed by atoms with E-state index >= 15 is 0 Å². The van der Waals surface area contributed by atoms with Gasteiger partial charge in [-0.3, -0.25) is 4.79 Å². The van der Waals surface area contributed by atoms with E-state index in [-0.39, 0.29) is 11.3 Å². The summed E-state index contributed by atoms with van der Waals surface area (Å²) in [6, 6.07) is 23.2. The Hall–Kier alpha value is -3.66. The Kier molecular flexibility index (Phi) is 5.80. The number of carboxylic acid groups (broad SMARTS) is 1.